The summed E-state index contributed by atoms with van der Waals surface area (Å²) in [6.07, 6.45) is -24.5. The zero-order valence-corrected chi connectivity index (χ0v) is 7.50. The van der Waals surface area contributed by atoms with Crippen molar-refractivity contribution in [3.8, 4) is 0 Å². The minimum atomic E-state index is -6.64. The van der Waals surface area contributed by atoms with Gasteiger partial charge in [0, 0.05) is 0 Å². The molecular weight excluding hydrogens is 298 g/mol. The molecule has 0 aliphatic carbocycles. The summed E-state index contributed by atoms with van der Waals surface area (Å²) in [6.45, 7) is 0. The number of alkyl halides is 10. The number of ether oxygens (including phenoxy) is 3. The van der Waals surface area contributed by atoms with Crippen LogP contribution in [0.15, 0.2) is 0 Å². The van der Waals surface area contributed by atoms with Gasteiger partial charge in [0.2, 0.25) is 0 Å². The molecule has 0 spiro atoms. The number of hydrogen-bond donors (Lipinski definition) is 0. The highest BCUT2D eigenvalue weighted by Gasteiger charge is 2.79. The Morgan fingerprint density at radius 2 is 1.22 bits per heavy atom. The summed E-state index contributed by atoms with van der Waals surface area (Å²) < 4.78 is 127. The summed E-state index contributed by atoms with van der Waals surface area (Å²) in [5.74, 6) is 0. The molecule has 1 aliphatic rings. The summed E-state index contributed by atoms with van der Waals surface area (Å²) >= 11 is 0. The number of hydrogen-bond acceptors (Lipinski definition) is 3. The molecule has 1 atom stereocenters. The second-order valence-corrected chi connectivity index (χ2v) is 2.84. The standard InChI is InChI=1S/C5F10O3/c6-1(7,8)2(9,10)16-4(13)3(11,12)17-5(14,15)18-4. The highest BCUT2D eigenvalue weighted by atomic mass is 19.4. The zero-order valence-electron chi connectivity index (χ0n) is 7.50. The average molecular weight is 298 g/mol. The molecule has 1 aliphatic heterocycles. The van der Waals surface area contributed by atoms with Crippen molar-refractivity contribution in [2.24, 2.45) is 0 Å². The third-order valence-electron chi connectivity index (χ3n) is 1.43. The van der Waals surface area contributed by atoms with Crippen molar-refractivity contribution in [1.82, 2.24) is 0 Å². The summed E-state index contributed by atoms with van der Waals surface area (Å²) in [5, 5.41) is 0. The van der Waals surface area contributed by atoms with E-state index in [0.29, 0.717) is 0 Å². The fraction of sp³-hybridized carbons (Fsp3) is 1.00. The number of rotatable bonds is 2. The maximum Gasteiger partial charge on any atom is 0.495 e. The molecule has 1 fully saturated rings. The van der Waals surface area contributed by atoms with Crippen molar-refractivity contribution in [2.45, 2.75) is 30.7 Å². The van der Waals surface area contributed by atoms with Gasteiger partial charge < -0.3 is 0 Å². The Kier molecular flexibility index (Phi) is 3.05. The molecule has 0 amide bonds. The SMILES string of the molecule is FC1(F)OC(F)(F)C(F)(OC(F)(F)C(F)(F)F)O1. The van der Waals surface area contributed by atoms with Gasteiger partial charge in [-0.3, -0.25) is 0 Å². The molecule has 18 heavy (non-hydrogen) atoms. The smallest absolute Gasteiger partial charge is 0.244 e. The van der Waals surface area contributed by atoms with Gasteiger partial charge in [-0.15, -0.1) is 8.78 Å². The Morgan fingerprint density at radius 1 is 0.778 bits per heavy atom. The summed E-state index contributed by atoms with van der Waals surface area (Å²) in [4.78, 5) is 0. The maximum atomic E-state index is 12.8. The molecule has 0 bridgehead atoms. The minimum absolute atomic E-state index is 2.00. The Morgan fingerprint density at radius 3 is 1.50 bits per heavy atom. The third kappa shape index (κ3) is 2.47. The van der Waals surface area contributed by atoms with Gasteiger partial charge >= 0.3 is 30.7 Å². The van der Waals surface area contributed by atoms with Crippen molar-refractivity contribution in [1.29, 1.82) is 0 Å². The van der Waals surface area contributed by atoms with Crippen LogP contribution in [-0.2, 0) is 14.2 Å². The molecule has 1 saturated heterocycles. The lowest BCUT2D eigenvalue weighted by atomic mass is 10.5. The molecule has 0 aromatic carbocycles. The lowest BCUT2D eigenvalue weighted by Gasteiger charge is -2.27. The van der Waals surface area contributed by atoms with Crippen molar-refractivity contribution >= 4 is 0 Å². The fourth-order valence-electron chi connectivity index (χ4n) is 0.746. The van der Waals surface area contributed by atoms with Crippen LogP contribution in [0, 0.1) is 0 Å². The van der Waals surface area contributed by atoms with E-state index in [0.717, 1.165) is 0 Å². The second kappa shape index (κ2) is 3.60. The van der Waals surface area contributed by atoms with Gasteiger partial charge in [0.05, 0.1) is 0 Å². The van der Waals surface area contributed by atoms with E-state index in [2.05, 4.69) is 9.47 Å². The van der Waals surface area contributed by atoms with Gasteiger partial charge in [0.15, 0.2) is 0 Å². The predicted octanol–water partition coefficient (Wildman–Crippen LogP) is 2.97. The van der Waals surface area contributed by atoms with Crippen LogP contribution in [-0.4, -0.2) is 30.7 Å². The molecule has 1 unspecified atom stereocenters. The fourth-order valence-corrected chi connectivity index (χ4v) is 0.746. The van der Waals surface area contributed by atoms with E-state index in [4.69, 9.17) is 0 Å². The first-order chi connectivity index (χ1) is 7.62. The predicted molar refractivity (Wildman–Crippen MR) is 28.0 cm³/mol. The Balaban J connectivity index is 3.03. The minimum Gasteiger partial charge on any atom is -0.244 e. The summed E-state index contributed by atoms with van der Waals surface area (Å²) in [5.41, 5.74) is 0. The maximum absolute atomic E-state index is 12.8. The van der Waals surface area contributed by atoms with E-state index < -0.39 is 30.7 Å². The van der Waals surface area contributed by atoms with E-state index in [1.807, 2.05) is 4.74 Å². The van der Waals surface area contributed by atoms with Crippen LogP contribution in [0.25, 0.3) is 0 Å². The molecule has 0 saturated carbocycles. The number of halogens is 10. The highest BCUT2D eigenvalue weighted by molar-refractivity contribution is 4.79. The molecule has 108 valence electrons. The molecule has 0 aromatic heterocycles. The lowest BCUT2D eigenvalue weighted by molar-refractivity contribution is -0.511. The van der Waals surface area contributed by atoms with Crippen molar-refractivity contribution < 1.29 is 58.1 Å². The average Bonchev–Trinajstić information content (AvgIpc) is 2.09. The lowest BCUT2D eigenvalue weighted by Crippen LogP contribution is -2.53. The van der Waals surface area contributed by atoms with Gasteiger partial charge in [0.25, 0.3) is 0 Å². The first kappa shape index (κ1) is 15.2. The van der Waals surface area contributed by atoms with E-state index in [-0.39, 0.29) is 0 Å². The van der Waals surface area contributed by atoms with Crippen molar-refractivity contribution in [3.63, 3.8) is 0 Å². The van der Waals surface area contributed by atoms with Crippen LogP contribution >= 0.6 is 0 Å². The molecule has 0 N–H and O–H groups in total. The first-order valence-electron chi connectivity index (χ1n) is 3.61. The quantitative estimate of drug-likeness (QED) is 0.734. The van der Waals surface area contributed by atoms with E-state index >= 15 is 0 Å². The first-order valence-corrected chi connectivity index (χ1v) is 3.61. The largest absolute Gasteiger partial charge is 0.495 e. The van der Waals surface area contributed by atoms with Gasteiger partial charge in [-0.2, -0.15) is 35.1 Å². The van der Waals surface area contributed by atoms with E-state index in [9.17, 15) is 43.9 Å². The second-order valence-electron chi connectivity index (χ2n) is 2.84. The molecular formula is C5F10O3. The topological polar surface area (TPSA) is 27.7 Å². The molecule has 3 nitrogen and oxygen atoms in total. The van der Waals surface area contributed by atoms with Crippen LogP contribution < -0.4 is 0 Å². The van der Waals surface area contributed by atoms with Gasteiger partial charge in [-0.1, -0.05) is 0 Å². The summed E-state index contributed by atoms with van der Waals surface area (Å²) in [7, 11) is 0. The van der Waals surface area contributed by atoms with E-state index in [1.165, 1.54) is 0 Å². The van der Waals surface area contributed by atoms with Gasteiger partial charge in [0.1, 0.15) is 0 Å². The van der Waals surface area contributed by atoms with Crippen LogP contribution in [0.3, 0.4) is 0 Å². The van der Waals surface area contributed by atoms with Crippen molar-refractivity contribution in [2.75, 3.05) is 0 Å². The Bertz CT molecular complexity index is 337. The highest BCUT2D eigenvalue weighted by Crippen LogP contribution is 2.53. The molecule has 1 heterocycles. The van der Waals surface area contributed by atoms with Gasteiger partial charge in [-0.05, 0) is 0 Å². The van der Waals surface area contributed by atoms with E-state index in [1.54, 1.807) is 0 Å². The van der Waals surface area contributed by atoms with Crippen molar-refractivity contribution in [3.05, 3.63) is 0 Å². The Hall–Kier alpha value is -0.820. The molecule has 1 rings (SSSR count). The molecule has 0 radical (unpaired) electrons. The molecule has 13 heteroatoms. The Labute approximate surface area is 90.2 Å². The monoisotopic (exact) mass is 298 g/mol. The van der Waals surface area contributed by atoms with Crippen LogP contribution in [0.5, 0.6) is 0 Å². The van der Waals surface area contributed by atoms with Gasteiger partial charge in [-0.25, -0.2) is 14.2 Å². The normalized spacial score (nSPS) is 31.7. The van der Waals surface area contributed by atoms with Crippen LogP contribution in [0.1, 0.15) is 0 Å². The summed E-state index contributed by atoms with van der Waals surface area (Å²) in [6, 6.07) is -5.81. The zero-order chi connectivity index (χ0) is 14.6. The van der Waals surface area contributed by atoms with Crippen LogP contribution in [0.2, 0.25) is 0 Å². The third-order valence-corrected chi connectivity index (χ3v) is 1.43. The molecule has 0 aromatic rings. The van der Waals surface area contributed by atoms with Crippen LogP contribution in [0.4, 0.5) is 43.9 Å².